The van der Waals surface area contributed by atoms with Gasteiger partial charge in [-0.3, -0.25) is 9.59 Å². The van der Waals surface area contributed by atoms with Gasteiger partial charge in [-0.15, -0.1) is 0 Å². The normalized spacial score (nSPS) is 11.6. The Bertz CT molecular complexity index is 486. The molecule has 1 aromatic heterocycles. The summed E-state index contributed by atoms with van der Waals surface area (Å²) >= 11 is 0. The van der Waals surface area contributed by atoms with Gasteiger partial charge in [-0.25, -0.2) is 9.78 Å². The zero-order valence-corrected chi connectivity index (χ0v) is 9.58. The van der Waals surface area contributed by atoms with Crippen molar-refractivity contribution in [3.8, 4) is 0 Å². The first kappa shape index (κ1) is 13.6. The SMILES string of the molecule is Cc1cccc(C(=O)N[C@@H](CC(=O)O)C(=O)O)n1. The molecule has 1 aromatic rings. The number of carbonyl (C=O) groups is 3. The molecular formula is C11H12N2O5. The Labute approximate surface area is 102 Å². The molecule has 0 bridgehead atoms. The van der Waals surface area contributed by atoms with Crippen LogP contribution in [0.2, 0.25) is 0 Å². The van der Waals surface area contributed by atoms with E-state index in [1.807, 2.05) is 0 Å². The molecule has 0 radical (unpaired) electrons. The Balaban J connectivity index is 2.78. The van der Waals surface area contributed by atoms with Crippen molar-refractivity contribution >= 4 is 17.8 Å². The van der Waals surface area contributed by atoms with E-state index >= 15 is 0 Å². The standard InChI is InChI=1S/C11H12N2O5/c1-6-3-2-4-7(12-6)10(16)13-8(11(17)18)5-9(14)15/h2-4,8H,5H2,1H3,(H,13,16)(H,14,15)(H,17,18)/t8-/m0/s1. The van der Waals surface area contributed by atoms with Crippen LogP contribution >= 0.6 is 0 Å². The predicted molar refractivity (Wildman–Crippen MR) is 60.1 cm³/mol. The van der Waals surface area contributed by atoms with E-state index in [9.17, 15) is 14.4 Å². The zero-order valence-electron chi connectivity index (χ0n) is 9.58. The van der Waals surface area contributed by atoms with Gasteiger partial charge in [0.2, 0.25) is 0 Å². The second-order valence-electron chi connectivity index (χ2n) is 3.63. The predicted octanol–water partition coefficient (Wildman–Crippen LogP) is 0.0477. The minimum atomic E-state index is -1.47. The van der Waals surface area contributed by atoms with Crippen LogP contribution in [0.1, 0.15) is 22.6 Å². The summed E-state index contributed by atoms with van der Waals surface area (Å²) in [4.78, 5) is 36.8. The average Bonchev–Trinajstić information content (AvgIpc) is 2.27. The molecule has 7 nitrogen and oxygen atoms in total. The molecule has 1 atom stereocenters. The van der Waals surface area contributed by atoms with E-state index in [2.05, 4.69) is 10.3 Å². The van der Waals surface area contributed by atoms with E-state index in [0.717, 1.165) is 0 Å². The molecule has 1 rings (SSSR count). The minimum Gasteiger partial charge on any atom is -0.481 e. The number of carboxylic acid groups (broad SMARTS) is 2. The molecule has 1 heterocycles. The number of amides is 1. The minimum absolute atomic E-state index is 0.0478. The molecule has 96 valence electrons. The van der Waals surface area contributed by atoms with Crippen molar-refractivity contribution in [2.75, 3.05) is 0 Å². The summed E-state index contributed by atoms with van der Waals surface area (Å²) in [6.07, 6.45) is -0.688. The monoisotopic (exact) mass is 252 g/mol. The molecule has 0 unspecified atom stereocenters. The van der Waals surface area contributed by atoms with E-state index in [-0.39, 0.29) is 5.69 Å². The van der Waals surface area contributed by atoms with Crippen molar-refractivity contribution in [1.29, 1.82) is 0 Å². The van der Waals surface area contributed by atoms with Crippen LogP contribution in [0.25, 0.3) is 0 Å². The second-order valence-corrected chi connectivity index (χ2v) is 3.63. The fourth-order valence-electron chi connectivity index (χ4n) is 1.28. The second kappa shape index (κ2) is 5.76. The molecular weight excluding hydrogens is 240 g/mol. The molecule has 0 spiro atoms. The Kier molecular flexibility index (Phi) is 4.36. The molecule has 3 N–H and O–H groups in total. The van der Waals surface area contributed by atoms with E-state index in [1.165, 1.54) is 6.07 Å². The van der Waals surface area contributed by atoms with Crippen LogP contribution in [0.4, 0.5) is 0 Å². The van der Waals surface area contributed by atoms with Crippen LogP contribution in [-0.4, -0.2) is 39.1 Å². The average molecular weight is 252 g/mol. The number of nitrogens with one attached hydrogen (secondary N) is 1. The lowest BCUT2D eigenvalue weighted by molar-refractivity contribution is -0.145. The van der Waals surface area contributed by atoms with E-state index < -0.39 is 30.3 Å². The fourth-order valence-corrected chi connectivity index (χ4v) is 1.28. The molecule has 7 heteroatoms. The molecule has 0 fully saturated rings. The van der Waals surface area contributed by atoms with Crippen LogP contribution in [-0.2, 0) is 9.59 Å². The van der Waals surface area contributed by atoms with Crippen molar-refractivity contribution in [3.63, 3.8) is 0 Å². The maximum atomic E-state index is 11.7. The van der Waals surface area contributed by atoms with Crippen LogP contribution in [0.3, 0.4) is 0 Å². The first-order chi connectivity index (χ1) is 8.40. The van der Waals surface area contributed by atoms with Gasteiger partial charge >= 0.3 is 11.9 Å². The maximum absolute atomic E-state index is 11.7. The fraction of sp³-hybridized carbons (Fsp3) is 0.273. The molecule has 18 heavy (non-hydrogen) atoms. The van der Waals surface area contributed by atoms with Crippen molar-refractivity contribution in [2.24, 2.45) is 0 Å². The number of pyridine rings is 1. The molecule has 0 aliphatic heterocycles. The number of aromatic nitrogens is 1. The van der Waals surface area contributed by atoms with Crippen molar-refractivity contribution in [2.45, 2.75) is 19.4 Å². The Morgan fingerprint density at radius 2 is 2.00 bits per heavy atom. The molecule has 0 aromatic carbocycles. The summed E-state index contributed by atoms with van der Waals surface area (Å²) in [5, 5.41) is 19.4. The lowest BCUT2D eigenvalue weighted by Gasteiger charge is -2.11. The lowest BCUT2D eigenvalue weighted by Crippen LogP contribution is -2.42. The van der Waals surface area contributed by atoms with Gasteiger partial charge in [0, 0.05) is 5.69 Å². The highest BCUT2D eigenvalue weighted by atomic mass is 16.4. The number of hydrogen-bond donors (Lipinski definition) is 3. The number of carboxylic acids is 2. The molecule has 0 saturated carbocycles. The maximum Gasteiger partial charge on any atom is 0.326 e. The first-order valence-electron chi connectivity index (χ1n) is 5.09. The van der Waals surface area contributed by atoms with Crippen LogP contribution < -0.4 is 5.32 Å². The van der Waals surface area contributed by atoms with Crippen molar-refractivity contribution in [3.05, 3.63) is 29.6 Å². The van der Waals surface area contributed by atoms with E-state index in [4.69, 9.17) is 10.2 Å². The number of rotatable bonds is 5. The summed E-state index contributed by atoms with van der Waals surface area (Å²) < 4.78 is 0. The van der Waals surface area contributed by atoms with Crippen LogP contribution in [0.15, 0.2) is 18.2 Å². The third-order valence-corrected chi connectivity index (χ3v) is 2.10. The highest BCUT2D eigenvalue weighted by molar-refractivity contribution is 5.95. The van der Waals surface area contributed by atoms with Crippen LogP contribution in [0, 0.1) is 6.92 Å². The van der Waals surface area contributed by atoms with Crippen molar-refractivity contribution < 1.29 is 24.6 Å². The number of carbonyl (C=O) groups excluding carboxylic acids is 1. The van der Waals surface area contributed by atoms with Gasteiger partial charge in [0.25, 0.3) is 5.91 Å². The molecule has 0 aliphatic rings. The number of nitrogens with zero attached hydrogens (tertiary/aromatic N) is 1. The lowest BCUT2D eigenvalue weighted by atomic mass is 10.2. The number of aryl methyl sites for hydroxylation is 1. The van der Waals surface area contributed by atoms with Crippen molar-refractivity contribution in [1.82, 2.24) is 10.3 Å². The molecule has 0 saturated heterocycles. The van der Waals surface area contributed by atoms with Gasteiger partial charge in [-0.05, 0) is 19.1 Å². The summed E-state index contributed by atoms with van der Waals surface area (Å²) in [5.74, 6) is -3.43. The summed E-state index contributed by atoms with van der Waals surface area (Å²) in [5.41, 5.74) is 0.652. The molecule has 0 aliphatic carbocycles. The summed E-state index contributed by atoms with van der Waals surface area (Å²) in [7, 11) is 0. The Hall–Kier alpha value is -2.44. The Morgan fingerprint density at radius 3 is 2.50 bits per heavy atom. The van der Waals surface area contributed by atoms with Gasteiger partial charge in [0.05, 0.1) is 6.42 Å². The van der Waals surface area contributed by atoms with Gasteiger partial charge in [-0.1, -0.05) is 6.07 Å². The van der Waals surface area contributed by atoms with Gasteiger partial charge in [0.15, 0.2) is 0 Å². The number of aliphatic carboxylic acids is 2. The summed E-state index contributed by atoms with van der Waals surface area (Å²) in [6.45, 7) is 1.68. The van der Waals surface area contributed by atoms with Gasteiger partial charge in [-0.2, -0.15) is 0 Å². The summed E-state index contributed by atoms with van der Waals surface area (Å²) in [6, 6.07) is 3.23. The number of hydrogen-bond acceptors (Lipinski definition) is 4. The highest BCUT2D eigenvalue weighted by Gasteiger charge is 2.23. The first-order valence-corrected chi connectivity index (χ1v) is 5.09. The topological polar surface area (TPSA) is 117 Å². The smallest absolute Gasteiger partial charge is 0.326 e. The highest BCUT2D eigenvalue weighted by Crippen LogP contribution is 2.00. The Morgan fingerprint density at radius 1 is 1.33 bits per heavy atom. The quantitative estimate of drug-likeness (QED) is 0.681. The van der Waals surface area contributed by atoms with Gasteiger partial charge in [0.1, 0.15) is 11.7 Å². The third-order valence-electron chi connectivity index (χ3n) is 2.10. The largest absolute Gasteiger partial charge is 0.481 e. The third kappa shape index (κ3) is 3.85. The zero-order chi connectivity index (χ0) is 13.7. The molecule has 1 amide bonds. The van der Waals surface area contributed by atoms with E-state index in [1.54, 1.807) is 19.1 Å². The van der Waals surface area contributed by atoms with Gasteiger partial charge < -0.3 is 15.5 Å². The van der Waals surface area contributed by atoms with E-state index in [0.29, 0.717) is 5.69 Å². The van der Waals surface area contributed by atoms with Crippen LogP contribution in [0.5, 0.6) is 0 Å².